The van der Waals surface area contributed by atoms with Crippen molar-refractivity contribution in [2.75, 3.05) is 13.2 Å². The number of fused-ring (bicyclic) bond motifs is 1. The monoisotopic (exact) mass is 368 g/mol. The normalized spacial score (nSPS) is 18.6. The summed E-state index contributed by atoms with van der Waals surface area (Å²) in [5.41, 5.74) is 3.74. The molecule has 1 aliphatic heterocycles. The average Bonchev–Trinajstić information content (AvgIpc) is 2.99. The molecule has 2 heterocycles. The maximum atomic E-state index is 13.0. The number of carbonyl (C=O) groups is 1. The molecular formula is C21H28N4O2. The lowest BCUT2D eigenvalue weighted by molar-refractivity contribution is 0.0923. The molecule has 1 atom stereocenters. The van der Waals surface area contributed by atoms with Gasteiger partial charge in [0.25, 0.3) is 5.91 Å². The molecule has 2 N–H and O–H groups in total. The van der Waals surface area contributed by atoms with Gasteiger partial charge in [0.05, 0.1) is 19.2 Å². The predicted molar refractivity (Wildman–Crippen MR) is 103 cm³/mol. The van der Waals surface area contributed by atoms with E-state index in [9.17, 15) is 9.90 Å². The Hall–Kier alpha value is -2.18. The van der Waals surface area contributed by atoms with Crippen molar-refractivity contribution in [3.05, 3.63) is 52.8 Å². The molecule has 1 saturated carbocycles. The number of aliphatic hydroxyl groups excluding tert-OH is 1. The second-order valence-corrected chi connectivity index (χ2v) is 7.63. The largest absolute Gasteiger partial charge is 0.394 e. The Balaban J connectivity index is 1.57. The van der Waals surface area contributed by atoms with Gasteiger partial charge in [0, 0.05) is 36.8 Å². The lowest BCUT2D eigenvalue weighted by Crippen LogP contribution is -2.43. The van der Waals surface area contributed by atoms with E-state index in [1.165, 1.54) is 19.3 Å². The van der Waals surface area contributed by atoms with Crippen LogP contribution in [-0.4, -0.2) is 44.9 Å². The van der Waals surface area contributed by atoms with Crippen LogP contribution in [0.2, 0.25) is 0 Å². The molecule has 6 heteroatoms. The van der Waals surface area contributed by atoms with E-state index in [0.717, 1.165) is 36.3 Å². The van der Waals surface area contributed by atoms with E-state index in [-0.39, 0.29) is 18.6 Å². The first-order valence-electron chi connectivity index (χ1n) is 9.96. The first-order chi connectivity index (χ1) is 13.2. The molecule has 1 aromatic carbocycles. The van der Waals surface area contributed by atoms with Gasteiger partial charge in [0.1, 0.15) is 0 Å². The third kappa shape index (κ3) is 3.64. The topological polar surface area (TPSA) is 70.4 Å². The minimum Gasteiger partial charge on any atom is -0.394 e. The molecule has 0 spiro atoms. The van der Waals surface area contributed by atoms with Crippen LogP contribution < -0.4 is 5.32 Å². The van der Waals surface area contributed by atoms with Gasteiger partial charge in [-0.25, -0.2) is 0 Å². The van der Waals surface area contributed by atoms with E-state index in [1.54, 1.807) is 0 Å². The zero-order chi connectivity index (χ0) is 18.8. The Labute approximate surface area is 160 Å². The molecule has 1 fully saturated rings. The van der Waals surface area contributed by atoms with Crippen LogP contribution in [0.1, 0.15) is 59.5 Å². The van der Waals surface area contributed by atoms with Crippen LogP contribution in [0.15, 0.2) is 30.3 Å². The number of aliphatic hydroxyl groups is 1. The zero-order valence-electron chi connectivity index (χ0n) is 15.9. The minimum absolute atomic E-state index is 0.0297. The fraction of sp³-hybridized carbons (Fsp3) is 0.524. The van der Waals surface area contributed by atoms with Crippen molar-refractivity contribution in [1.29, 1.82) is 0 Å². The third-order valence-electron chi connectivity index (χ3n) is 5.93. The summed E-state index contributed by atoms with van der Waals surface area (Å²) in [6, 6.07) is 10.5. The van der Waals surface area contributed by atoms with Crippen molar-refractivity contribution in [2.45, 2.75) is 57.8 Å². The molecule has 2 aliphatic rings. The second-order valence-electron chi connectivity index (χ2n) is 7.63. The summed E-state index contributed by atoms with van der Waals surface area (Å²) in [5.74, 6) is -0.130. The lowest BCUT2D eigenvalue weighted by Gasteiger charge is -2.39. The highest BCUT2D eigenvalue weighted by molar-refractivity contribution is 5.94. The van der Waals surface area contributed by atoms with Gasteiger partial charge in [-0.1, -0.05) is 36.8 Å². The van der Waals surface area contributed by atoms with Crippen LogP contribution in [0.4, 0.5) is 0 Å². The quantitative estimate of drug-likeness (QED) is 0.821. The number of rotatable bonds is 6. The van der Waals surface area contributed by atoms with E-state index < -0.39 is 0 Å². The number of nitrogens with zero attached hydrogens (tertiary/aromatic N) is 3. The van der Waals surface area contributed by atoms with Gasteiger partial charge in [0.2, 0.25) is 0 Å². The Morgan fingerprint density at radius 2 is 2.11 bits per heavy atom. The summed E-state index contributed by atoms with van der Waals surface area (Å²) in [4.78, 5) is 15.5. The maximum absolute atomic E-state index is 13.0. The highest BCUT2D eigenvalue weighted by Crippen LogP contribution is 2.31. The number of carbonyl (C=O) groups excluding carboxylic acids is 1. The highest BCUT2D eigenvalue weighted by Gasteiger charge is 2.33. The zero-order valence-corrected chi connectivity index (χ0v) is 15.9. The molecule has 0 unspecified atom stereocenters. The Morgan fingerprint density at radius 1 is 1.33 bits per heavy atom. The number of hydrogen-bond acceptors (Lipinski definition) is 4. The summed E-state index contributed by atoms with van der Waals surface area (Å²) in [5, 5.41) is 17.1. The first-order valence-corrected chi connectivity index (χ1v) is 9.96. The van der Waals surface area contributed by atoms with Gasteiger partial charge in [-0.05, 0) is 25.3 Å². The van der Waals surface area contributed by atoms with Crippen molar-refractivity contribution >= 4 is 5.91 Å². The number of hydrogen-bond donors (Lipinski definition) is 2. The summed E-state index contributed by atoms with van der Waals surface area (Å²) in [7, 11) is 0. The standard InChI is InChI=1S/C21H28N4O2/c1-15(16-6-3-2-4-7-16)22-21(27)20-18-14-24(17-8-5-9-17)11-10-19(18)25(23-20)12-13-26/h2-4,6-7,15,17,26H,5,8-14H2,1H3,(H,22,27)/t15-/m0/s1. The molecule has 6 nitrogen and oxygen atoms in total. The fourth-order valence-corrected chi connectivity index (χ4v) is 4.13. The molecule has 0 saturated heterocycles. The van der Waals surface area contributed by atoms with E-state index >= 15 is 0 Å². The van der Waals surface area contributed by atoms with Gasteiger partial charge in [0.15, 0.2) is 5.69 Å². The molecule has 1 aromatic heterocycles. The maximum Gasteiger partial charge on any atom is 0.272 e. The predicted octanol–water partition coefficient (Wildman–Crippen LogP) is 2.28. The van der Waals surface area contributed by atoms with Crippen LogP contribution in [0.5, 0.6) is 0 Å². The molecule has 1 aliphatic carbocycles. The lowest BCUT2D eigenvalue weighted by atomic mass is 9.89. The van der Waals surface area contributed by atoms with Gasteiger partial charge in [-0.3, -0.25) is 14.4 Å². The summed E-state index contributed by atoms with van der Waals surface area (Å²) in [6.07, 6.45) is 4.71. The fourth-order valence-electron chi connectivity index (χ4n) is 4.13. The van der Waals surface area contributed by atoms with Crippen LogP contribution in [0.25, 0.3) is 0 Å². The number of benzene rings is 1. The van der Waals surface area contributed by atoms with E-state index in [4.69, 9.17) is 0 Å². The molecule has 27 heavy (non-hydrogen) atoms. The van der Waals surface area contributed by atoms with Gasteiger partial charge in [-0.2, -0.15) is 5.10 Å². The van der Waals surface area contributed by atoms with Crippen LogP contribution in [0, 0.1) is 0 Å². The summed E-state index contributed by atoms with van der Waals surface area (Å²) < 4.78 is 1.83. The number of nitrogens with one attached hydrogen (secondary N) is 1. The SMILES string of the molecule is C[C@H](NC(=O)c1nn(CCO)c2c1CN(C1CCC1)CC2)c1ccccc1. The third-order valence-corrected chi connectivity index (χ3v) is 5.93. The second kappa shape index (κ2) is 7.82. The highest BCUT2D eigenvalue weighted by atomic mass is 16.3. The molecule has 0 radical (unpaired) electrons. The van der Waals surface area contributed by atoms with Crippen LogP contribution >= 0.6 is 0 Å². The summed E-state index contributed by atoms with van der Waals surface area (Å²) in [6.45, 7) is 4.25. The number of aromatic nitrogens is 2. The minimum atomic E-state index is -0.130. The van der Waals surface area contributed by atoms with Crippen LogP contribution in [0.3, 0.4) is 0 Å². The van der Waals surface area contributed by atoms with Crippen LogP contribution in [-0.2, 0) is 19.5 Å². The molecule has 4 rings (SSSR count). The van der Waals surface area contributed by atoms with E-state index in [1.807, 2.05) is 41.9 Å². The van der Waals surface area contributed by atoms with Crippen molar-refractivity contribution in [3.63, 3.8) is 0 Å². The summed E-state index contributed by atoms with van der Waals surface area (Å²) >= 11 is 0. The van der Waals surface area contributed by atoms with E-state index in [2.05, 4.69) is 15.3 Å². The van der Waals surface area contributed by atoms with Gasteiger partial charge < -0.3 is 10.4 Å². The number of amides is 1. The molecular weight excluding hydrogens is 340 g/mol. The van der Waals surface area contributed by atoms with Gasteiger partial charge >= 0.3 is 0 Å². The first kappa shape index (κ1) is 18.2. The molecule has 2 aromatic rings. The van der Waals surface area contributed by atoms with E-state index in [0.29, 0.717) is 18.3 Å². The van der Waals surface area contributed by atoms with Crippen molar-refractivity contribution in [1.82, 2.24) is 20.0 Å². The molecule has 1 amide bonds. The van der Waals surface area contributed by atoms with Crippen molar-refractivity contribution in [3.8, 4) is 0 Å². The smallest absolute Gasteiger partial charge is 0.272 e. The van der Waals surface area contributed by atoms with Gasteiger partial charge in [-0.15, -0.1) is 0 Å². The molecule has 0 bridgehead atoms. The Morgan fingerprint density at radius 3 is 2.78 bits per heavy atom. The van der Waals surface area contributed by atoms with Crippen molar-refractivity contribution < 1.29 is 9.90 Å². The Bertz CT molecular complexity index is 798. The van der Waals surface area contributed by atoms with Crippen molar-refractivity contribution in [2.24, 2.45) is 0 Å². The average molecular weight is 368 g/mol. The Kier molecular flexibility index (Phi) is 5.27. The molecule has 144 valence electrons.